The van der Waals surface area contributed by atoms with Gasteiger partial charge in [0.15, 0.2) is 0 Å². The van der Waals surface area contributed by atoms with Gasteiger partial charge in [-0.25, -0.2) is 9.97 Å². The van der Waals surface area contributed by atoms with Crippen LogP contribution in [0.2, 0.25) is 0 Å². The molecule has 0 radical (unpaired) electrons. The number of piperidine rings is 1. The number of rotatable bonds is 6. The predicted octanol–water partition coefficient (Wildman–Crippen LogP) is 3.46. The predicted molar refractivity (Wildman–Crippen MR) is 131 cm³/mol. The fourth-order valence-corrected chi connectivity index (χ4v) is 4.87. The van der Waals surface area contributed by atoms with Crippen LogP contribution in [0, 0.1) is 12.8 Å². The molecule has 0 aliphatic carbocycles. The molecule has 34 heavy (non-hydrogen) atoms. The fraction of sp³-hybridized carbons (Fsp3) is 0.615. The lowest BCUT2D eigenvalue weighted by atomic mass is 9.94. The van der Waals surface area contributed by atoms with Gasteiger partial charge in [0.25, 0.3) is 0 Å². The monoisotopic (exact) mass is 468 g/mol. The van der Waals surface area contributed by atoms with Crippen molar-refractivity contribution < 1.29 is 19.1 Å². The van der Waals surface area contributed by atoms with E-state index in [4.69, 9.17) is 19.4 Å². The van der Waals surface area contributed by atoms with Crippen LogP contribution in [0.3, 0.4) is 0 Å². The summed E-state index contributed by atoms with van der Waals surface area (Å²) < 4.78 is 10.6. The Labute approximate surface area is 201 Å². The number of hydrogen-bond donors (Lipinski definition) is 0. The van der Waals surface area contributed by atoms with Crippen LogP contribution in [0.4, 0.5) is 5.95 Å². The average molecular weight is 469 g/mol. The van der Waals surface area contributed by atoms with E-state index < -0.39 is 0 Å². The number of esters is 1. The van der Waals surface area contributed by atoms with Gasteiger partial charge in [-0.2, -0.15) is 0 Å². The number of ether oxygens (including phenoxy) is 2. The number of carbonyl (C=O) groups is 2. The first-order valence-corrected chi connectivity index (χ1v) is 12.4. The molecule has 0 saturated carbocycles. The smallest absolute Gasteiger partial charge is 0.307 e. The SMILES string of the molecule is CCOC(=O)CC1COCCN1C(=O)C1CCN(c2nc(C)c3cc(C(C)C)ccc3n2)CC1. The van der Waals surface area contributed by atoms with Gasteiger partial charge >= 0.3 is 5.97 Å². The average Bonchev–Trinajstić information content (AvgIpc) is 2.84. The number of nitrogens with zero attached hydrogens (tertiary/aromatic N) is 4. The van der Waals surface area contributed by atoms with Crippen LogP contribution in [-0.2, 0) is 19.1 Å². The maximum atomic E-state index is 13.3. The summed E-state index contributed by atoms with van der Waals surface area (Å²) >= 11 is 0. The number of anilines is 1. The van der Waals surface area contributed by atoms with Crippen molar-refractivity contribution in [3.63, 3.8) is 0 Å². The zero-order chi connectivity index (χ0) is 24.2. The van der Waals surface area contributed by atoms with E-state index in [1.54, 1.807) is 6.92 Å². The van der Waals surface area contributed by atoms with Crippen LogP contribution in [0.5, 0.6) is 0 Å². The second-order valence-corrected chi connectivity index (χ2v) is 9.57. The molecule has 2 saturated heterocycles. The highest BCUT2D eigenvalue weighted by atomic mass is 16.5. The van der Waals surface area contributed by atoms with Crippen LogP contribution < -0.4 is 4.90 Å². The van der Waals surface area contributed by atoms with Gasteiger partial charge in [0.05, 0.1) is 43.5 Å². The number of aromatic nitrogens is 2. The van der Waals surface area contributed by atoms with Crippen molar-refractivity contribution in [3.8, 4) is 0 Å². The molecule has 0 N–H and O–H groups in total. The van der Waals surface area contributed by atoms with Crippen molar-refractivity contribution in [1.29, 1.82) is 0 Å². The Bertz CT molecular complexity index is 1030. The van der Waals surface area contributed by atoms with Gasteiger partial charge in [0, 0.05) is 30.9 Å². The van der Waals surface area contributed by atoms with Crippen molar-refractivity contribution in [2.45, 2.75) is 58.9 Å². The molecule has 2 aliphatic heterocycles. The number of hydrogen-bond acceptors (Lipinski definition) is 7. The quantitative estimate of drug-likeness (QED) is 0.600. The summed E-state index contributed by atoms with van der Waals surface area (Å²) in [5, 5.41) is 1.10. The normalized spacial score (nSPS) is 19.6. The molecule has 1 aromatic heterocycles. The van der Waals surface area contributed by atoms with E-state index in [2.05, 4.69) is 36.9 Å². The molecule has 2 fully saturated rings. The van der Waals surface area contributed by atoms with Crippen LogP contribution in [-0.4, -0.2) is 72.2 Å². The fourth-order valence-electron chi connectivity index (χ4n) is 4.87. The van der Waals surface area contributed by atoms with Crippen LogP contribution in [0.15, 0.2) is 18.2 Å². The molecule has 1 aromatic carbocycles. The topological polar surface area (TPSA) is 84.9 Å². The summed E-state index contributed by atoms with van der Waals surface area (Å²) in [6.45, 7) is 11.4. The summed E-state index contributed by atoms with van der Waals surface area (Å²) in [7, 11) is 0. The van der Waals surface area contributed by atoms with E-state index in [-0.39, 0.29) is 30.3 Å². The van der Waals surface area contributed by atoms with E-state index >= 15 is 0 Å². The Balaban J connectivity index is 1.41. The Morgan fingerprint density at radius 1 is 1.18 bits per heavy atom. The molecule has 2 aliphatic rings. The molecule has 0 spiro atoms. The molecule has 1 atom stereocenters. The first-order valence-electron chi connectivity index (χ1n) is 12.4. The third-order valence-corrected chi connectivity index (χ3v) is 6.91. The standard InChI is InChI=1S/C26H36N4O4/c1-5-34-24(31)15-21-16-33-13-12-30(21)25(32)19-8-10-29(11-9-19)26-27-18(4)22-14-20(17(2)3)6-7-23(22)28-26/h6-7,14,17,19,21H,5,8-13,15-16H2,1-4H3. The summed E-state index contributed by atoms with van der Waals surface area (Å²) in [5.41, 5.74) is 3.23. The van der Waals surface area contributed by atoms with Gasteiger partial charge in [0.1, 0.15) is 0 Å². The van der Waals surface area contributed by atoms with E-state index in [1.165, 1.54) is 5.56 Å². The molecule has 1 amide bonds. The lowest BCUT2D eigenvalue weighted by Gasteiger charge is -2.39. The molecular weight excluding hydrogens is 432 g/mol. The summed E-state index contributed by atoms with van der Waals surface area (Å²) in [6, 6.07) is 6.17. The summed E-state index contributed by atoms with van der Waals surface area (Å²) in [4.78, 5) is 39.0. The first kappa shape index (κ1) is 24.4. The van der Waals surface area contributed by atoms with Crippen LogP contribution in [0.1, 0.15) is 57.2 Å². The number of fused-ring (bicyclic) bond motifs is 1. The van der Waals surface area contributed by atoms with Gasteiger partial charge in [0.2, 0.25) is 11.9 Å². The van der Waals surface area contributed by atoms with Crippen molar-refractivity contribution in [2.75, 3.05) is 44.4 Å². The van der Waals surface area contributed by atoms with E-state index in [9.17, 15) is 9.59 Å². The minimum atomic E-state index is -0.282. The summed E-state index contributed by atoms with van der Waals surface area (Å²) in [5.74, 6) is 0.974. The van der Waals surface area contributed by atoms with Crippen molar-refractivity contribution in [2.24, 2.45) is 5.92 Å². The van der Waals surface area contributed by atoms with E-state index in [0.717, 1.165) is 48.5 Å². The van der Waals surface area contributed by atoms with Crippen molar-refractivity contribution in [3.05, 3.63) is 29.5 Å². The molecule has 4 rings (SSSR count). The minimum Gasteiger partial charge on any atom is -0.466 e. The van der Waals surface area contributed by atoms with Crippen molar-refractivity contribution in [1.82, 2.24) is 14.9 Å². The third-order valence-electron chi connectivity index (χ3n) is 6.91. The minimum absolute atomic E-state index is 0.0609. The number of carbonyl (C=O) groups excluding carboxylic acids is 2. The molecule has 1 unspecified atom stereocenters. The molecule has 0 bridgehead atoms. The number of amides is 1. The van der Waals surface area contributed by atoms with Crippen LogP contribution >= 0.6 is 0 Å². The Kier molecular flexibility index (Phi) is 7.66. The lowest BCUT2D eigenvalue weighted by Crippen LogP contribution is -2.53. The first-order chi connectivity index (χ1) is 16.4. The van der Waals surface area contributed by atoms with Crippen molar-refractivity contribution >= 4 is 28.7 Å². The van der Waals surface area contributed by atoms with Crippen LogP contribution in [0.25, 0.3) is 10.9 Å². The number of morpholine rings is 1. The third kappa shape index (κ3) is 5.32. The highest BCUT2D eigenvalue weighted by Crippen LogP contribution is 2.28. The largest absolute Gasteiger partial charge is 0.466 e. The Morgan fingerprint density at radius 3 is 2.65 bits per heavy atom. The second kappa shape index (κ2) is 10.7. The lowest BCUT2D eigenvalue weighted by molar-refractivity contribution is -0.152. The maximum Gasteiger partial charge on any atom is 0.307 e. The molecule has 8 heteroatoms. The number of aryl methyl sites for hydroxylation is 1. The van der Waals surface area contributed by atoms with Gasteiger partial charge < -0.3 is 19.3 Å². The molecule has 8 nitrogen and oxygen atoms in total. The van der Waals surface area contributed by atoms with Gasteiger partial charge in [-0.15, -0.1) is 0 Å². The zero-order valence-corrected chi connectivity index (χ0v) is 20.7. The maximum absolute atomic E-state index is 13.3. The highest BCUT2D eigenvalue weighted by Gasteiger charge is 2.35. The van der Waals surface area contributed by atoms with E-state index in [0.29, 0.717) is 32.3 Å². The van der Waals surface area contributed by atoms with Gasteiger partial charge in [-0.3, -0.25) is 9.59 Å². The Hall–Kier alpha value is -2.74. The molecule has 184 valence electrons. The highest BCUT2D eigenvalue weighted by molar-refractivity contribution is 5.83. The molecular formula is C26H36N4O4. The summed E-state index contributed by atoms with van der Waals surface area (Å²) in [6.07, 6.45) is 1.67. The van der Waals surface area contributed by atoms with Gasteiger partial charge in [-0.1, -0.05) is 19.9 Å². The molecule has 3 heterocycles. The number of benzene rings is 1. The van der Waals surface area contributed by atoms with Gasteiger partial charge in [-0.05, 0) is 50.3 Å². The van der Waals surface area contributed by atoms with E-state index in [1.807, 2.05) is 11.8 Å². The second-order valence-electron chi connectivity index (χ2n) is 9.57. The zero-order valence-electron chi connectivity index (χ0n) is 20.7. The molecule has 2 aromatic rings. The Morgan fingerprint density at radius 2 is 1.94 bits per heavy atom.